The molecule has 1 saturated heterocycles. The van der Waals surface area contributed by atoms with E-state index in [0.717, 1.165) is 34.4 Å². The van der Waals surface area contributed by atoms with Crippen LogP contribution in [0.2, 0.25) is 0 Å². The normalized spacial score (nSPS) is 17.4. The molecular weight excluding hydrogens is 515 g/mol. The standard InChI is InChI=1S/C31H32BF2NO5/c1-30(2)31(3,4)40-32(39-30)20(14-19-15-26(33)27(34)16-28(19)37-5)17-35-29(36)38-18-25-23-12-8-6-10-21(23)22-11-7-9-13-24(22)25/h6-16,25H,17-18H2,1-5H3,(H,35,36). The number of amides is 1. The minimum Gasteiger partial charge on any atom is -0.496 e. The number of carbonyl (C=O) groups is 1. The van der Waals surface area contributed by atoms with Crippen LogP contribution < -0.4 is 10.1 Å². The fourth-order valence-electron chi connectivity index (χ4n) is 5.05. The van der Waals surface area contributed by atoms with Gasteiger partial charge in [0.1, 0.15) is 12.4 Å². The van der Waals surface area contributed by atoms with Crippen LogP contribution in [0.3, 0.4) is 0 Å². The first-order valence-corrected chi connectivity index (χ1v) is 13.2. The number of hydrogen-bond donors (Lipinski definition) is 1. The maximum Gasteiger partial charge on any atom is 0.492 e. The van der Waals surface area contributed by atoms with E-state index in [4.69, 9.17) is 18.8 Å². The van der Waals surface area contributed by atoms with E-state index in [-0.39, 0.29) is 30.4 Å². The largest absolute Gasteiger partial charge is 0.496 e. The summed E-state index contributed by atoms with van der Waals surface area (Å²) < 4.78 is 51.3. The lowest BCUT2D eigenvalue weighted by Crippen LogP contribution is -2.41. The van der Waals surface area contributed by atoms with E-state index in [0.29, 0.717) is 5.47 Å². The summed E-state index contributed by atoms with van der Waals surface area (Å²) in [4.78, 5) is 12.9. The molecule has 6 nitrogen and oxygen atoms in total. The zero-order chi connectivity index (χ0) is 28.7. The van der Waals surface area contributed by atoms with Crippen LogP contribution in [-0.2, 0) is 14.0 Å². The van der Waals surface area contributed by atoms with Crippen molar-refractivity contribution in [3.63, 3.8) is 0 Å². The molecule has 0 aromatic heterocycles. The van der Waals surface area contributed by atoms with Crippen molar-refractivity contribution in [1.29, 1.82) is 0 Å². The second kappa shape index (κ2) is 10.7. The third kappa shape index (κ3) is 5.23. The maximum atomic E-state index is 14.1. The van der Waals surface area contributed by atoms with E-state index < -0.39 is 36.0 Å². The zero-order valence-corrected chi connectivity index (χ0v) is 23.2. The van der Waals surface area contributed by atoms with Gasteiger partial charge in [0.25, 0.3) is 0 Å². The van der Waals surface area contributed by atoms with Crippen LogP contribution in [0.5, 0.6) is 5.75 Å². The Labute approximate surface area is 233 Å². The van der Waals surface area contributed by atoms with Crippen molar-refractivity contribution in [3.05, 3.63) is 94.5 Å². The van der Waals surface area contributed by atoms with Crippen LogP contribution in [0.1, 0.15) is 50.3 Å². The Morgan fingerprint density at radius 3 is 2.08 bits per heavy atom. The highest BCUT2D eigenvalue weighted by atomic mass is 19.2. The lowest BCUT2D eigenvalue weighted by atomic mass is 9.77. The number of halogens is 2. The topological polar surface area (TPSA) is 66.0 Å². The lowest BCUT2D eigenvalue weighted by molar-refractivity contribution is 0.00578. The van der Waals surface area contributed by atoms with Gasteiger partial charge < -0.3 is 24.1 Å². The molecule has 0 unspecified atom stereocenters. The first kappa shape index (κ1) is 27.9. The van der Waals surface area contributed by atoms with Gasteiger partial charge >= 0.3 is 13.2 Å². The van der Waals surface area contributed by atoms with Crippen LogP contribution in [-0.4, -0.2) is 44.7 Å². The summed E-state index contributed by atoms with van der Waals surface area (Å²) in [5, 5.41) is 2.77. The molecule has 1 heterocycles. The summed E-state index contributed by atoms with van der Waals surface area (Å²) in [6.45, 7) is 7.76. The number of hydrogen-bond acceptors (Lipinski definition) is 5. The van der Waals surface area contributed by atoms with Gasteiger partial charge in [0.05, 0.1) is 18.3 Å². The molecule has 2 aliphatic rings. The molecule has 3 aromatic carbocycles. The van der Waals surface area contributed by atoms with Crippen molar-refractivity contribution in [3.8, 4) is 16.9 Å². The molecule has 5 rings (SSSR count). The number of benzene rings is 3. The third-order valence-corrected chi connectivity index (χ3v) is 7.95. The third-order valence-electron chi connectivity index (χ3n) is 7.95. The van der Waals surface area contributed by atoms with Crippen molar-refractivity contribution in [2.75, 3.05) is 20.3 Å². The van der Waals surface area contributed by atoms with E-state index >= 15 is 0 Å². The SMILES string of the molecule is COc1cc(F)c(F)cc1C=C(CNC(=O)OCC1c2ccccc2-c2ccccc21)B1OC(C)(C)C(C)(C)O1. The molecule has 1 aliphatic heterocycles. The van der Waals surface area contributed by atoms with Gasteiger partial charge in [-0.15, -0.1) is 0 Å². The Morgan fingerprint density at radius 2 is 1.50 bits per heavy atom. The molecule has 1 amide bonds. The summed E-state index contributed by atoms with van der Waals surface area (Å²) in [7, 11) is 0.518. The van der Waals surface area contributed by atoms with E-state index in [1.807, 2.05) is 52.0 Å². The molecule has 0 atom stereocenters. The van der Waals surface area contributed by atoms with Crippen LogP contribution in [0.4, 0.5) is 13.6 Å². The highest BCUT2D eigenvalue weighted by Crippen LogP contribution is 2.44. The van der Waals surface area contributed by atoms with Gasteiger partial charge in [-0.05, 0) is 61.5 Å². The van der Waals surface area contributed by atoms with Crippen LogP contribution in [0.25, 0.3) is 17.2 Å². The quantitative estimate of drug-likeness (QED) is 0.341. The molecule has 40 heavy (non-hydrogen) atoms. The van der Waals surface area contributed by atoms with Crippen molar-refractivity contribution >= 4 is 19.3 Å². The molecule has 0 saturated carbocycles. The summed E-state index contributed by atoms with van der Waals surface area (Å²) >= 11 is 0. The fourth-order valence-corrected chi connectivity index (χ4v) is 5.05. The molecule has 1 N–H and O–H groups in total. The number of carbonyl (C=O) groups excluding carboxylic acids is 1. The van der Waals surface area contributed by atoms with Gasteiger partial charge in [0.15, 0.2) is 11.6 Å². The van der Waals surface area contributed by atoms with Crippen molar-refractivity contribution in [2.24, 2.45) is 0 Å². The number of rotatable bonds is 7. The molecule has 0 bridgehead atoms. The summed E-state index contributed by atoms with van der Waals surface area (Å²) in [5.74, 6) is -2.00. The zero-order valence-electron chi connectivity index (χ0n) is 23.2. The molecule has 208 valence electrons. The minimum atomic E-state index is -1.03. The smallest absolute Gasteiger partial charge is 0.492 e. The van der Waals surface area contributed by atoms with Crippen molar-refractivity contribution in [1.82, 2.24) is 5.32 Å². The molecule has 0 spiro atoms. The Hall–Kier alpha value is -3.69. The fraction of sp³-hybridized carbons (Fsp3) is 0.323. The lowest BCUT2D eigenvalue weighted by Gasteiger charge is -2.32. The predicted octanol–water partition coefficient (Wildman–Crippen LogP) is 6.53. The summed E-state index contributed by atoms with van der Waals surface area (Å²) in [6.07, 6.45) is 0.953. The van der Waals surface area contributed by atoms with Gasteiger partial charge in [0, 0.05) is 24.1 Å². The Morgan fingerprint density at radius 1 is 0.950 bits per heavy atom. The number of nitrogens with one attached hydrogen (secondary N) is 1. The number of fused-ring (bicyclic) bond motifs is 3. The highest BCUT2D eigenvalue weighted by Gasteiger charge is 2.52. The molecule has 1 aliphatic carbocycles. The van der Waals surface area contributed by atoms with Gasteiger partial charge in [-0.1, -0.05) is 54.6 Å². The Bertz CT molecular complexity index is 1410. The predicted molar refractivity (Wildman–Crippen MR) is 150 cm³/mol. The second-order valence-corrected chi connectivity index (χ2v) is 11.0. The van der Waals surface area contributed by atoms with Crippen LogP contribution in [0.15, 0.2) is 66.1 Å². The molecular formula is C31H32BF2NO5. The van der Waals surface area contributed by atoms with Crippen molar-refractivity contribution < 1.29 is 32.4 Å². The Balaban J connectivity index is 1.34. The first-order valence-electron chi connectivity index (χ1n) is 13.2. The summed E-state index contributed by atoms with van der Waals surface area (Å²) in [5.41, 5.74) is 3.95. The number of alkyl carbamates (subject to hydrolysis) is 1. The molecule has 3 aromatic rings. The number of methoxy groups -OCH3 is 1. The molecule has 9 heteroatoms. The van der Waals surface area contributed by atoms with Gasteiger partial charge in [-0.25, -0.2) is 13.6 Å². The van der Waals surface area contributed by atoms with Gasteiger partial charge in [0.2, 0.25) is 0 Å². The van der Waals surface area contributed by atoms with Crippen LogP contribution in [0, 0.1) is 11.6 Å². The average Bonchev–Trinajstić information content (AvgIpc) is 3.35. The molecule has 1 fully saturated rings. The maximum absolute atomic E-state index is 14.1. The molecule has 0 radical (unpaired) electrons. The highest BCUT2D eigenvalue weighted by molar-refractivity contribution is 6.56. The van der Waals surface area contributed by atoms with Crippen LogP contribution >= 0.6 is 0 Å². The number of ether oxygens (including phenoxy) is 2. The first-order chi connectivity index (χ1) is 19.0. The van der Waals surface area contributed by atoms with Gasteiger partial charge in [-0.3, -0.25) is 0 Å². The average molecular weight is 547 g/mol. The minimum absolute atomic E-state index is 0.0182. The van der Waals surface area contributed by atoms with E-state index in [1.165, 1.54) is 7.11 Å². The van der Waals surface area contributed by atoms with E-state index in [1.54, 1.807) is 6.08 Å². The second-order valence-electron chi connectivity index (χ2n) is 11.0. The van der Waals surface area contributed by atoms with E-state index in [9.17, 15) is 13.6 Å². The van der Waals surface area contributed by atoms with E-state index in [2.05, 4.69) is 29.6 Å². The summed E-state index contributed by atoms with van der Waals surface area (Å²) in [6, 6.07) is 18.2. The monoisotopic (exact) mass is 547 g/mol. The van der Waals surface area contributed by atoms with Gasteiger partial charge in [-0.2, -0.15) is 0 Å². The van der Waals surface area contributed by atoms with Crippen molar-refractivity contribution in [2.45, 2.75) is 44.8 Å². The Kier molecular flexibility index (Phi) is 7.46.